The van der Waals surface area contributed by atoms with Crippen molar-refractivity contribution in [3.05, 3.63) is 0 Å². The molecule has 0 unspecified atom stereocenters. The van der Waals surface area contributed by atoms with Gasteiger partial charge in [-0.3, -0.25) is 9.59 Å². The van der Waals surface area contributed by atoms with Crippen molar-refractivity contribution in [3.8, 4) is 0 Å². The molecule has 0 heterocycles. The molecule has 5 nitrogen and oxygen atoms in total. The summed E-state index contributed by atoms with van der Waals surface area (Å²) in [7, 11) is 0. The molecule has 1 atom stereocenters. The van der Waals surface area contributed by atoms with Crippen LogP contribution in [-0.4, -0.2) is 36.4 Å². The van der Waals surface area contributed by atoms with E-state index >= 15 is 0 Å². The number of aliphatic hydroxyl groups is 1. The van der Waals surface area contributed by atoms with Crippen molar-refractivity contribution in [1.29, 1.82) is 0 Å². The number of hydrogen-bond donors (Lipinski definition) is 1. The zero-order chi connectivity index (χ0) is 35.2. The predicted molar refractivity (Wildman–Crippen MR) is 205 cm³/mol. The van der Waals surface area contributed by atoms with E-state index in [1.165, 1.54) is 180 Å². The number of rotatable bonds is 39. The van der Waals surface area contributed by atoms with E-state index in [0.717, 1.165) is 31.6 Å². The van der Waals surface area contributed by atoms with E-state index in [-0.39, 0.29) is 25.2 Å². The lowest BCUT2D eigenvalue weighted by Gasteiger charge is -2.12. The van der Waals surface area contributed by atoms with Gasteiger partial charge < -0.3 is 14.6 Å². The first kappa shape index (κ1) is 46.9. The zero-order valence-corrected chi connectivity index (χ0v) is 32.7. The van der Waals surface area contributed by atoms with E-state index in [1.807, 2.05) is 0 Å². The van der Waals surface area contributed by atoms with E-state index in [9.17, 15) is 14.7 Å². The molecule has 0 bridgehead atoms. The van der Waals surface area contributed by atoms with E-state index < -0.39 is 6.10 Å². The van der Waals surface area contributed by atoms with E-state index in [0.29, 0.717) is 12.8 Å². The molecular weight excluding hydrogens is 596 g/mol. The first-order valence-corrected chi connectivity index (χ1v) is 21.4. The van der Waals surface area contributed by atoms with Crippen LogP contribution in [-0.2, 0) is 19.1 Å². The molecule has 0 amide bonds. The van der Waals surface area contributed by atoms with Gasteiger partial charge >= 0.3 is 11.9 Å². The predicted octanol–water partition coefficient (Wildman–Crippen LogP) is 13.4. The fraction of sp³-hybridized carbons (Fsp3) is 0.953. The molecule has 0 aromatic heterocycles. The van der Waals surface area contributed by atoms with Gasteiger partial charge in [0.05, 0.1) is 0 Å². The molecule has 0 fully saturated rings. The Balaban J connectivity index is 3.35. The molecule has 0 radical (unpaired) electrons. The second-order valence-corrected chi connectivity index (χ2v) is 15.3. The molecule has 0 saturated heterocycles. The van der Waals surface area contributed by atoms with Gasteiger partial charge in [-0.2, -0.15) is 0 Å². The molecule has 0 saturated carbocycles. The van der Waals surface area contributed by atoms with Crippen LogP contribution < -0.4 is 0 Å². The number of ether oxygens (including phenoxy) is 2. The Hall–Kier alpha value is -1.10. The first-order chi connectivity index (χ1) is 23.5. The van der Waals surface area contributed by atoms with Crippen molar-refractivity contribution >= 4 is 11.9 Å². The summed E-state index contributed by atoms with van der Waals surface area (Å²) in [5, 5.41) is 10.0. The van der Waals surface area contributed by atoms with E-state index in [4.69, 9.17) is 9.47 Å². The number of carbonyl (C=O) groups excluding carboxylic acids is 2. The average Bonchev–Trinajstić information content (AvgIpc) is 3.07. The molecule has 48 heavy (non-hydrogen) atoms. The highest BCUT2D eigenvalue weighted by atomic mass is 16.6. The first-order valence-electron chi connectivity index (χ1n) is 21.4. The van der Waals surface area contributed by atoms with Crippen LogP contribution in [0.1, 0.15) is 239 Å². The Labute approximate surface area is 299 Å². The summed E-state index contributed by atoms with van der Waals surface area (Å²) in [6.07, 6.45) is 41.7. The van der Waals surface area contributed by atoms with Gasteiger partial charge in [-0.05, 0) is 18.8 Å². The SMILES string of the molecule is CCCCCCCCCCCCCCCC(=O)OC[C@H](O)COC(=O)CCCCCCCCCCCCCCCCCCCCC(C)C. The molecule has 5 heteroatoms. The minimum absolute atomic E-state index is 0.108. The summed E-state index contributed by atoms with van der Waals surface area (Å²) in [5.74, 6) is 0.316. The van der Waals surface area contributed by atoms with Gasteiger partial charge in [0.1, 0.15) is 19.3 Å². The smallest absolute Gasteiger partial charge is 0.305 e. The second-order valence-electron chi connectivity index (χ2n) is 15.3. The Morgan fingerprint density at radius 3 is 0.938 bits per heavy atom. The third kappa shape index (κ3) is 39.3. The second kappa shape index (κ2) is 38.7. The Kier molecular flexibility index (Phi) is 37.8. The third-order valence-corrected chi connectivity index (χ3v) is 9.77. The lowest BCUT2D eigenvalue weighted by Crippen LogP contribution is -2.25. The molecule has 0 aromatic rings. The maximum absolute atomic E-state index is 12.0. The monoisotopic (exact) mass is 681 g/mol. The summed E-state index contributed by atoms with van der Waals surface area (Å²) in [4.78, 5) is 24.0. The lowest BCUT2D eigenvalue weighted by molar-refractivity contribution is -0.152. The fourth-order valence-electron chi connectivity index (χ4n) is 6.51. The molecular formula is C43H84O5. The van der Waals surface area contributed by atoms with Gasteiger partial charge in [0, 0.05) is 12.8 Å². The lowest BCUT2D eigenvalue weighted by atomic mass is 10.0. The van der Waals surface area contributed by atoms with Gasteiger partial charge in [0.15, 0.2) is 0 Å². The van der Waals surface area contributed by atoms with Crippen molar-refractivity contribution in [2.45, 2.75) is 245 Å². The van der Waals surface area contributed by atoms with Crippen molar-refractivity contribution < 1.29 is 24.2 Å². The van der Waals surface area contributed by atoms with Crippen molar-refractivity contribution in [3.63, 3.8) is 0 Å². The molecule has 0 aromatic carbocycles. The van der Waals surface area contributed by atoms with Crippen LogP contribution in [0.3, 0.4) is 0 Å². The van der Waals surface area contributed by atoms with Crippen molar-refractivity contribution in [2.75, 3.05) is 13.2 Å². The number of carbonyl (C=O) groups is 2. The van der Waals surface area contributed by atoms with Crippen LogP contribution in [0.4, 0.5) is 0 Å². The van der Waals surface area contributed by atoms with Crippen LogP contribution in [0, 0.1) is 5.92 Å². The Bertz CT molecular complexity index is 664. The Morgan fingerprint density at radius 1 is 0.417 bits per heavy atom. The maximum Gasteiger partial charge on any atom is 0.305 e. The topological polar surface area (TPSA) is 72.8 Å². The number of unbranched alkanes of at least 4 members (excludes halogenated alkanes) is 29. The molecule has 286 valence electrons. The highest BCUT2D eigenvalue weighted by Gasteiger charge is 2.12. The van der Waals surface area contributed by atoms with Gasteiger partial charge in [-0.1, -0.05) is 213 Å². The molecule has 0 aliphatic heterocycles. The van der Waals surface area contributed by atoms with Gasteiger partial charge in [-0.15, -0.1) is 0 Å². The van der Waals surface area contributed by atoms with Gasteiger partial charge in [-0.25, -0.2) is 0 Å². The van der Waals surface area contributed by atoms with Gasteiger partial charge in [0.25, 0.3) is 0 Å². The number of hydrogen-bond acceptors (Lipinski definition) is 5. The van der Waals surface area contributed by atoms with Crippen LogP contribution in [0.2, 0.25) is 0 Å². The van der Waals surface area contributed by atoms with E-state index in [2.05, 4.69) is 20.8 Å². The molecule has 0 rings (SSSR count). The van der Waals surface area contributed by atoms with E-state index in [1.54, 1.807) is 0 Å². The average molecular weight is 681 g/mol. The summed E-state index contributed by atoms with van der Waals surface area (Å²) < 4.78 is 10.4. The van der Waals surface area contributed by atoms with Crippen molar-refractivity contribution in [1.82, 2.24) is 0 Å². The summed E-state index contributed by atoms with van der Waals surface area (Å²) in [5.41, 5.74) is 0. The maximum atomic E-state index is 12.0. The fourth-order valence-corrected chi connectivity index (χ4v) is 6.51. The summed E-state index contributed by atoms with van der Waals surface area (Å²) in [6.45, 7) is 6.70. The minimum atomic E-state index is -0.955. The normalized spacial score (nSPS) is 12.1. The zero-order valence-electron chi connectivity index (χ0n) is 32.7. The summed E-state index contributed by atoms with van der Waals surface area (Å²) in [6, 6.07) is 0. The highest BCUT2D eigenvalue weighted by molar-refractivity contribution is 5.69. The largest absolute Gasteiger partial charge is 0.463 e. The molecule has 0 spiro atoms. The van der Waals surface area contributed by atoms with Crippen LogP contribution in [0.5, 0.6) is 0 Å². The molecule has 1 N–H and O–H groups in total. The third-order valence-electron chi connectivity index (χ3n) is 9.77. The van der Waals surface area contributed by atoms with Gasteiger partial charge in [0.2, 0.25) is 0 Å². The van der Waals surface area contributed by atoms with Crippen LogP contribution >= 0.6 is 0 Å². The quantitative estimate of drug-likeness (QED) is 0.0517. The van der Waals surface area contributed by atoms with Crippen LogP contribution in [0.25, 0.3) is 0 Å². The van der Waals surface area contributed by atoms with Crippen molar-refractivity contribution in [2.24, 2.45) is 5.92 Å². The highest BCUT2D eigenvalue weighted by Crippen LogP contribution is 2.16. The minimum Gasteiger partial charge on any atom is -0.463 e. The Morgan fingerprint density at radius 2 is 0.667 bits per heavy atom. The summed E-state index contributed by atoms with van der Waals surface area (Å²) >= 11 is 0. The van der Waals surface area contributed by atoms with Crippen LogP contribution in [0.15, 0.2) is 0 Å². The number of esters is 2. The number of aliphatic hydroxyl groups excluding tert-OH is 1. The molecule has 0 aliphatic rings. The molecule has 0 aliphatic carbocycles. The standard InChI is InChI=1S/C43H84O5/c1-4-5-6-7-8-9-10-17-21-24-27-30-33-36-42(45)47-38-41(44)39-48-43(46)37-34-31-28-25-22-19-16-14-12-11-13-15-18-20-23-26-29-32-35-40(2)3/h40-41,44H,4-39H2,1-3H3/t41-/m0/s1.